The zero-order valence-electron chi connectivity index (χ0n) is 14.8. The summed E-state index contributed by atoms with van der Waals surface area (Å²) in [4.78, 5) is 22.4. The Morgan fingerprint density at radius 2 is 2.04 bits per heavy atom. The number of rotatable bonds is 7. The maximum absolute atomic E-state index is 11.5. The first-order chi connectivity index (χ1) is 12.6. The Labute approximate surface area is 152 Å². The molecule has 0 radical (unpaired) electrons. The highest BCUT2D eigenvalue weighted by Gasteiger charge is 2.47. The van der Waals surface area contributed by atoms with Gasteiger partial charge < -0.3 is 14.6 Å². The summed E-state index contributed by atoms with van der Waals surface area (Å²) in [7, 11) is 0. The van der Waals surface area contributed by atoms with Gasteiger partial charge >= 0.3 is 12.1 Å². The Balaban J connectivity index is 1.61. The number of carbonyl (C=O) groups is 2. The molecule has 1 amide bonds. The summed E-state index contributed by atoms with van der Waals surface area (Å²) in [5.41, 5.74) is 3.75. The van der Waals surface area contributed by atoms with E-state index >= 15 is 0 Å². The van der Waals surface area contributed by atoms with Crippen LogP contribution in [0.25, 0.3) is 0 Å². The second-order valence-electron chi connectivity index (χ2n) is 6.76. The Morgan fingerprint density at radius 1 is 1.31 bits per heavy atom. The first-order valence-corrected chi connectivity index (χ1v) is 9.02. The van der Waals surface area contributed by atoms with E-state index in [0.717, 1.165) is 31.2 Å². The predicted octanol–water partition coefficient (Wildman–Crippen LogP) is 2.84. The van der Waals surface area contributed by atoms with E-state index in [9.17, 15) is 9.59 Å². The fraction of sp³-hybridized carbons (Fsp3) is 0.526. The molecule has 2 aliphatic rings. The zero-order chi connectivity index (χ0) is 18.5. The van der Waals surface area contributed by atoms with Crippen LogP contribution in [-0.2, 0) is 15.9 Å². The van der Waals surface area contributed by atoms with Gasteiger partial charge in [0.15, 0.2) is 0 Å². The van der Waals surface area contributed by atoms with Gasteiger partial charge in [-0.1, -0.05) is 19.1 Å². The van der Waals surface area contributed by atoms with E-state index in [2.05, 4.69) is 10.5 Å². The summed E-state index contributed by atoms with van der Waals surface area (Å²) in [5, 5.41) is 13.0. The van der Waals surface area contributed by atoms with Gasteiger partial charge in [0.1, 0.15) is 0 Å². The highest BCUT2D eigenvalue weighted by molar-refractivity contribution is 5.87. The molecular formula is C19H24N2O5. The Morgan fingerprint density at radius 3 is 2.73 bits per heavy atom. The quantitative estimate of drug-likeness (QED) is 0.576. The second-order valence-corrected chi connectivity index (χ2v) is 6.76. The number of carboxylic acids is 1. The largest absolute Gasteiger partial charge is 0.478 e. The van der Waals surface area contributed by atoms with Crippen LogP contribution in [0.1, 0.15) is 42.1 Å². The van der Waals surface area contributed by atoms with E-state index in [-0.39, 0.29) is 29.6 Å². The molecule has 2 bridgehead atoms. The molecule has 2 heterocycles. The number of nitrogens with one attached hydrogen (secondary N) is 1. The molecule has 7 nitrogen and oxygen atoms in total. The summed E-state index contributed by atoms with van der Waals surface area (Å²) in [6.45, 7) is 2.30. The van der Waals surface area contributed by atoms with Crippen molar-refractivity contribution in [3.05, 3.63) is 35.4 Å². The van der Waals surface area contributed by atoms with Gasteiger partial charge in [-0.15, -0.1) is 0 Å². The van der Waals surface area contributed by atoms with E-state index in [4.69, 9.17) is 14.6 Å². The van der Waals surface area contributed by atoms with Crippen molar-refractivity contribution in [2.75, 3.05) is 6.61 Å². The monoisotopic (exact) mass is 360 g/mol. The third-order valence-electron chi connectivity index (χ3n) is 5.00. The molecule has 2 N–H and O–H groups in total. The molecule has 1 aromatic carbocycles. The number of aromatic carboxylic acids is 1. The van der Waals surface area contributed by atoms with Gasteiger partial charge in [-0.05, 0) is 49.3 Å². The second kappa shape index (κ2) is 8.31. The number of ether oxygens (including phenoxy) is 2. The van der Waals surface area contributed by atoms with Gasteiger partial charge in [-0.2, -0.15) is 5.10 Å². The lowest BCUT2D eigenvalue weighted by Gasteiger charge is -2.25. The standard InChI is InChI=1S/C19H24N2O5/c1-2-9-25-19(24)21-20-11-15-14(16-7-8-17(15)26-16)10-12-3-5-13(6-4-12)18(22)23/h3-6,11,14-17H,2,7-10H2,1H3,(H,21,24)(H,22,23)/b20-11+. The first kappa shape index (κ1) is 18.4. The van der Waals surface area contributed by atoms with Crippen LogP contribution in [0.4, 0.5) is 4.79 Å². The lowest BCUT2D eigenvalue weighted by atomic mass is 9.77. The van der Waals surface area contributed by atoms with Crippen molar-refractivity contribution in [2.24, 2.45) is 16.9 Å². The predicted molar refractivity (Wildman–Crippen MR) is 95.2 cm³/mol. The molecule has 0 aromatic heterocycles. The number of hydrogen-bond acceptors (Lipinski definition) is 5. The Kier molecular flexibility index (Phi) is 5.88. The lowest BCUT2D eigenvalue weighted by Crippen LogP contribution is -2.31. The summed E-state index contributed by atoms with van der Waals surface area (Å²) in [5.74, 6) is -0.535. The van der Waals surface area contributed by atoms with Crippen LogP contribution in [-0.4, -0.2) is 42.2 Å². The van der Waals surface area contributed by atoms with Crippen LogP contribution in [0.3, 0.4) is 0 Å². The van der Waals surface area contributed by atoms with Gasteiger partial charge in [0.05, 0.1) is 24.4 Å². The molecule has 26 heavy (non-hydrogen) atoms. The van der Waals surface area contributed by atoms with Crippen LogP contribution >= 0.6 is 0 Å². The normalized spacial score (nSPS) is 27.0. The molecule has 3 rings (SSSR count). The number of benzene rings is 1. The summed E-state index contributed by atoms with van der Waals surface area (Å²) >= 11 is 0. The average Bonchev–Trinajstić information content (AvgIpc) is 3.23. The molecule has 2 aliphatic heterocycles. The van der Waals surface area contributed by atoms with E-state index in [1.807, 2.05) is 19.1 Å². The van der Waals surface area contributed by atoms with Crippen LogP contribution < -0.4 is 5.43 Å². The first-order valence-electron chi connectivity index (χ1n) is 9.02. The molecule has 4 atom stereocenters. The minimum atomic E-state index is -0.925. The molecule has 2 saturated heterocycles. The van der Waals surface area contributed by atoms with E-state index in [0.29, 0.717) is 6.61 Å². The number of fused-ring (bicyclic) bond motifs is 2. The van der Waals surface area contributed by atoms with Crippen molar-refractivity contribution in [3.63, 3.8) is 0 Å². The SMILES string of the molecule is CCCOC(=O)N/N=C/C1C2CCC(O2)C1Cc1ccc(C(=O)O)cc1. The van der Waals surface area contributed by atoms with Gasteiger partial charge in [0.25, 0.3) is 0 Å². The van der Waals surface area contributed by atoms with Crippen molar-refractivity contribution in [3.8, 4) is 0 Å². The zero-order valence-corrected chi connectivity index (χ0v) is 14.8. The van der Waals surface area contributed by atoms with Crippen molar-refractivity contribution in [1.82, 2.24) is 5.43 Å². The highest BCUT2D eigenvalue weighted by Crippen LogP contribution is 2.44. The fourth-order valence-corrected chi connectivity index (χ4v) is 3.74. The molecular weight excluding hydrogens is 336 g/mol. The number of nitrogens with zero attached hydrogens (tertiary/aromatic N) is 1. The Bertz CT molecular complexity index is 673. The van der Waals surface area contributed by atoms with Crippen LogP contribution in [0.5, 0.6) is 0 Å². The minimum Gasteiger partial charge on any atom is -0.478 e. The van der Waals surface area contributed by atoms with Crippen molar-refractivity contribution >= 4 is 18.3 Å². The molecule has 140 valence electrons. The minimum absolute atomic E-state index is 0.124. The number of carboxylic acid groups (broad SMARTS) is 1. The van der Waals surface area contributed by atoms with E-state index in [1.165, 1.54) is 0 Å². The van der Waals surface area contributed by atoms with Crippen molar-refractivity contribution < 1.29 is 24.2 Å². The van der Waals surface area contributed by atoms with E-state index < -0.39 is 12.1 Å². The third-order valence-corrected chi connectivity index (χ3v) is 5.00. The van der Waals surface area contributed by atoms with Crippen LogP contribution in [0, 0.1) is 11.8 Å². The summed E-state index contributed by atoms with van der Waals surface area (Å²) < 4.78 is 11.0. The fourth-order valence-electron chi connectivity index (χ4n) is 3.74. The molecule has 2 fully saturated rings. The lowest BCUT2D eigenvalue weighted by molar-refractivity contribution is 0.0696. The molecule has 0 aliphatic carbocycles. The van der Waals surface area contributed by atoms with Crippen molar-refractivity contribution in [2.45, 2.75) is 44.8 Å². The molecule has 0 saturated carbocycles. The maximum atomic E-state index is 11.5. The number of hydrogen-bond donors (Lipinski definition) is 2. The molecule has 1 aromatic rings. The summed E-state index contributed by atoms with van der Waals surface area (Å²) in [6, 6.07) is 6.95. The van der Waals surface area contributed by atoms with Crippen molar-refractivity contribution in [1.29, 1.82) is 0 Å². The topological polar surface area (TPSA) is 97.2 Å². The average molecular weight is 360 g/mol. The third kappa shape index (κ3) is 4.22. The highest BCUT2D eigenvalue weighted by atomic mass is 16.6. The summed E-state index contributed by atoms with van der Waals surface area (Å²) in [6.07, 6.45) is 5.09. The number of carbonyl (C=O) groups excluding carboxylic acids is 1. The van der Waals surface area contributed by atoms with Gasteiger partial charge in [0, 0.05) is 12.1 Å². The number of hydrazone groups is 1. The van der Waals surface area contributed by atoms with Crippen LogP contribution in [0.15, 0.2) is 29.4 Å². The smallest absolute Gasteiger partial charge is 0.427 e. The van der Waals surface area contributed by atoms with Gasteiger partial charge in [0.2, 0.25) is 0 Å². The molecule has 0 spiro atoms. The van der Waals surface area contributed by atoms with E-state index in [1.54, 1.807) is 18.3 Å². The Hall–Kier alpha value is -2.41. The van der Waals surface area contributed by atoms with Gasteiger partial charge in [-0.25, -0.2) is 15.0 Å². The maximum Gasteiger partial charge on any atom is 0.427 e. The molecule has 7 heteroatoms. The van der Waals surface area contributed by atoms with Crippen LogP contribution in [0.2, 0.25) is 0 Å². The van der Waals surface area contributed by atoms with Gasteiger partial charge in [-0.3, -0.25) is 0 Å². The number of amides is 1. The molecule has 4 unspecified atom stereocenters.